The van der Waals surface area contributed by atoms with Crippen molar-refractivity contribution in [3.05, 3.63) is 11.6 Å². The maximum atomic E-state index is 13.4. The van der Waals surface area contributed by atoms with Crippen LogP contribution in [0.25, 0.3) is 0 Å². The molecule has 30 heavy (non-hydrogen) atoms. The fourth-order valence-electron chi connectivity index (χ4n) is 3.86. The molecule has 1 aliphatic rings. The molecule has 7 heteroatoms. The van der Waals surface area contributed by atoms with Gasteiger partial charge in [0.2, 0.25) is 11.8 Å². The van der Waals surface area contributed by atoms with Gasteiger partial charge in [0.15, 0.2) is 0 Å². The minimum atomic E-state index is -0.615. The number of hydrogen-bond donors (Lipinski definition) is 1. The number of amides is 2. The molecule has 1 rings (SSSR count). The number of likely N-dealkylation sites (N-methyl/N-ethyl adjacent to an activating group) is 2. The second kappa shape index (κ2) is 12.1. The van der Waals surface area contributed by atoms with Crippen molar-refractivity contribution in [2.45, 2.75) is 78.9 Å². The molecule has 0 bridgehead atoms. The summed E-state index contributed by atoms with van der Waals surface area (Å²) in [4.78, 5) is 42.0. The van der Waals surface area contributed by atoms with Gasteiger partial charge in [-0.1, -0.05) is 40.2 Å². The van der Waals surface area contributed by atoms with Gasteiger partial charge in [0.25, 0.3) is 0 Å². The highest BCUT2D eigenvalue weighted by molar-refractivity contribution is 5.91. The monoisotopic (exact) mass is 423 g/mol. The van der Waals surface area contributed by atoms with E-state index in [0.717, 1.165) is 25.8 Å². The minimum Gasteiger partial charge on any atom is -0.463 e. The molecule has 0 aliphatic carbocycles. The normalized spacial score (nSPS) is 20.1. The number of carbonyl (C=O) groups excluding carboxylic acids is 3. The van der Waals surface area contributed by atoms with E-state index in [1.165, 1.54) is 0 Å². The first-order valence-electron chi connectivity index (χ1n) is 11.1. The summed E-state index contributed by atoms with van der Waals surface area (Å²) in [5, 5.41) is 3.00. The van der Waals surface area contributed by atoms with Gasteiger partial charge in [-0.05, 0) is 52.1 Å². The van der Waals surface area contributed by atoms with Gasteiger partial charge in [-0.15, -0.1) is 0 Å². The van der Waals surface area contributed by atoms with Crippen LogP contribution in [-0.4, -0.2) is 73.0 Å². The van der Waals surface area contributed by atoms with Crippen LogP contribution in [0.15, 0.2) is 11.6 Å². The summed E-state index contributed by atoms with van der Waals surface area (Å²) < 4.78 is 5.07. The zero-order valence-corrected chi connectivity index (χ0v) is 20.0. The Balaban J connectivity index is 3.00. The molecule has 0 saturated carbocycles. The first-order chi connectivity index (χ1) is 14.0. The number of likely N-dealkylation sites (tertiary alicyclic amines) is 1. The Kier molecular flexibility index (Phi) is 10.5. The van der Waals surface area contributed by atoms with Gasteiger partial charge < -0.3 is 15.0 Å². The molecule has 1 aliphatic heterocycles. The number of rotatable bonds is 9. The highest BCUT2D eigenvalue weighted by Crippen LogP contribution is 2.19. The van der Waals surface area contributed by atoms with Gasteiger partial charge >= 0.3 is 5.97 Å². The summed E-state index contributed by atoms with van der Waals surface area (Å²) >= 11 is 0. The lowest BCUT2D eigenvalue weighted by molar-refractivity contribution is -0.140. The summed E-state index contributed by atoms with van der Waals surface area (Å²) in [7, 11) is 3.69. The van der Waals surface area contributed by atoms with Crippen molar-refractivity contribution in [3.63, 3.8) is 0 Å². The summed E-state index contributed by atoms with van der Waals surface area (Å²) in [6, 6.07) is -1.09. The van der Waals surface area contributed by atoms with Gasteiger partial charge in [-0.2, -0.15) is 0 Å². The molecular weight excluding hydrogens is 382 g/mol. The topological polar surface area (TPSA) is 79.0 Å². The van der Waals surface area contributed by atoms with Crippen LogP contribution in [-0.2, 0) is 19.1 Å². The molecule has 1 heterocycles. The Hall–Kier alpha value is -1.89. The van der Waals surface area contributed by atoms with E-state index in [1.807, 2.05) is 34.7 Å². The summed E-state index contributed by atoms with van der Waals surface area (Å²) in [5.74, 6) is -0.574. The first kappa shape index (κ1) is 26.1. The third-order valence-corrected chi connectivity index (χ3v) is 5.80. The largest absolute Gasteiger partial charge is 0.463 e. The van der Waals surface area contributed by atoms with Gasteiger partial charge in [0.05, 0.1) is 18.7 Å². The average molecular weight is 424 g/mol. The van der Waals surface area contributed by atoms with Crippen molar-refractivity contribution in [1.29, 1.82) is 0 Å². The molecule has 0 spiro atoms. The summed E-state index contributed by atoms with van der Waals surface area (Å²) in [5.41, 5.74) is 0.476. The van der Waals surface area contributed by atoms with Crippen LogP contribution < -0.4 is 5.32 Å². The zero-order chi connectivity index (χ0) is 23.0. The van der Waals surface area contributed by atoms with Crippen molar-refractivity contribution < 1.29 is 19.1 Å². The molecule has 7 nitrogen and oxygen atoms in total. The van der Waals surface area contributed by atoms with Gasteiger partial charge in [-0.3, -0.25) is 14.5 Å². The predicted octanol–water partition coefficient (Wildman–Crippen LogP) is 2.60. The fourth-order valence-corrected chi connectivity index (χ4v) is 3.86. The Morgan fingerprint density at radius 2 is 1.80 bits per heavy atom. The van der Waals surface area contributed by atoms with E-state index in [4.69, 9.17) is 4.74 Å². The maximum Gasteiger partial charge on any atom is 0.333 e. The second-order valence-electron chi connectivity index (χ2n) is 8.98. The molecule has 2 amide bonds. The number of nitrogens with zero attached hydrogens (tertiary/aromatic N) is 2. The molecule has 1 N–H and O–H groups in total. The number of ether oxygens (including phenoxy) is 1. The Morgan fingerprint density at radius 1 is 1.17 bits per heavy atom. The molecule has 1 saturated heterocycles. The smallest absolute Gasteiger partial charge is 0.333 e. The van der Waals surface area contributed by atoms with E-state index >= 15 is 0 Å². The van der Waals surface area contributed by atoms with Crippen molar-refractivity contribution >= 4 is 17.8 Å². The number of esters is 1. The number of carbonyl (C=O) groups is 3. The summed E-state index contributed by atoms with van der Waals surface area (Å²) in [6.07, 6.45) is 4.72. The Labute approximate surface area is 182 Å². The SMILES string of the molecule is CCOC(=O)C(C)=C[C@H](C(C)C)N(C)C(=O)[C@@H](NC(=O)C1CCCCN1C)C(C)C. The molecule has 3 atom stereocenters. The minimum absolute atomic E-state index is 0.0549. The van der Waals surface area contributed by atoms with Crippen molar-refractivity contribution in [2.24, 2.45) is 11.8 Å². The molecule has 0 aromatic carbocycles. The van der Waals surface area contributed by atoms with Crippen LogP contribution in [0.2, 0.25) is 0 Å². The van der Waals surface area contributed by atoms with Crippen molar-refractivity contribution in [2.75, 3.05) is 27.2 Å². The number of piperidine rings is 1. The van der Waals surface area contributed by atoms with Crippen LogP contribution in [0.4, 0.5) is 0 Å². The molecule has 0 radical (unpaired) electrons. The molecule has 172 valence electrons. The zero-order valence-electron chi connectivity index (χ0n) is 20.0. The summed E-state index contributed by atoms with van der Waals surface area (Å²) in [6.45, 7) is 12.5. The van der Waals surface area contributed by atoms with E-state index in [9.17, 15) is 14.4 Å². The van der Waals surface area contributed by atoms with E-state index in [-0.39, 0.29) is 41.7 Å². The van der Waals surface area contributed by atoms with Crippen molar-refractivity contribution in [1.82, 2.24) is 15.1 Å². The number of nitrogens with one attached hydrogen (secondary N) is 1. The third kappa shape index (κ3) is 7.11. The van der Waals surface area contributed by atoms with Crippen LogP contribution in [0.1, 0.15) is 60.8 Å². The van der Waals surface area contributed by atoms with E-state index < -0.39 is 6.04 Å². The fraction of sp³-hybridized carbons (Fsp3) is 0.783. The van der Waals surface area contributed by atoms with E-state index in [1.54, 1.807) is 31.9 Å². The second-order valence-corrected chi connectivity index (χ2v) is 8.98. The highest BCUT2D eigenvalue weighted by Gasteiger charge is 2.34. The lowest BCUT2D eigenvalue weighted by Crippen LogP contribution is -2.57. The van der Waals surface area contributed by atoms with Crippen LogP contribution in [0, 0.1) is 11.8 Å². The molecule has 0 aromatic rings. The average Bonchev–Trinajstić information content (AvgIpc) is 2.68. The van der Waals surface area contributed by atoms with E-state index in [0.29, 0.717) is 12.2 Å². The lowest BCUT2D eigenvalue weighted by Gasteiger charge is -2.36. The predicted molar refractivity (Wildman–Crippen MR) is 119 cm³/mol. The third-order valence-electron chi connectivity index (χ3n) is 5.80. The highest BCUT2D eigenvalue weighted by atomic mass is 16.5. The molecular formula is C23H41N3O4. The number of hydrogen-bond acceptors (Lipinski definition) is 5. The standard InChI is InChI=1S/C23H41N3O4/c1-9-30-23(29)17(6)14-19(15(2)3)26(8)22(28)20(16(4)5)24-21(27)18-12-10-11-13-25(18)7/h14-16,18-20H,9-13H2,1-8H3,(H,24,27)/t18?,19-,20+/m1/s1. The van der Waals surface area contributed by atoms with Crippen LogP contribution >= 0.6 is 0 Å². The Bertz CT molecular complexity index is 630. The molecule has 1 fully saturated rings. The van der Waals surface area contributed by atoms with E-state index in [2.05, 4.69) is 10.2 Å². The molecule has 1 unspecified atom stereocenters. The quantitative estimate of drug-likeness (QED) is 0.456. The van der Waals surface area contributed by atoms with Crippen LogP contribution in [0.5, 0.6) is 0 Å². The molecule has 0 aromatic heterocycles. The Morgan fingerprint density at radius 3 is 2.30 bits per heavy atom. The lowest BCUT2D eigenvalue weighted by atomic mass is 9.96. The van der Waals surface area contributed by atoms with Gasteiger partial charge in [0, 0.05) is 12.6 Å². The van der Waals surface area contributed by atoms with Crippen LogP contribution in [0.3, 0.4) is 0 Å². The van der Waals surface area contributed by atoms with Gasteiger partial charge in [-0.25, -0.2) is 4.79 Å². The first-order valence-corrected chi connectivity index (χ1v) is 11.1. The maximum absolute atomic E-state index is 13.4. The van der Waals surface area contributed by atoms with Gasteiger partial charge in [0.1, 0.15) is 6.04 Å². The van der Waals surface area contributed by atoms with Crippen molar-refractivity contribution in [3.8, 4) is 0 Å².